The molecule has 5 heteroatoms. The highest BCUT2D eigenvalue weighted by atomic mass is 16.3. The highest BCUT2D eigenvalue weighted by molar-refractivity contribution is 5.82. The van der Waals surface area contributed by atoms with Gasteiger partial charge in [0.1, 0.15) is 0 Å². The average Bonchev–Trinajstić information content (AvgIpc) is 2.94. The van der Waals surface area contributed by atoms with Crippen molar-refractivity contribution in [1.82, 2.24) is 10.2 Å². The molecule has 1 saturated heterocycles. The summed E-state index contributed by atoms with van der Waals surface area (Å²) in [6.07, 6.45) is 1.80. The van der Waals surface area contributed by atoms with Gasteiger partial charge in [0.25, 0.3) is 0 Å². The maximum Gasteiger partial charge on any atom is 0.237 e. The first-order chi connectivity index (χ1) is 11.3. The fourth-order valence-electron chi connectivity index (χ4n) is 3.19. The van der Waals surface area contributed by atoms with Crippen molar-refractivity contribution >= 4 is 5.91 Å². The van der Waals surface area contributed by atoms with E-state index in [4.69, 9.17) is 5.73 Å². The molecule has 4 N–H and O–H groups in total. The molecule has 1 amide bonds. The van der Waals surface area contributed by atoms with E-state index in [0.29, 0.717) is 13.0 Å². The van der Waals surface area contributed by atoms with Crippen LogP contribution in [0.15, 0.2) is 30.3 Å². The zero-order valence-electron chi connectivity index (χ0n) is 15.0. The predicted octanol–water partition coefficient (Wildman–Crippen LogP) is 1.30. The van der Waals surface area contributed by atoms with Gasteiger partial charge in [0.15, 0.2) is 0 Å². The van der Waals surface area contributed by atoms with Gasteiger partial charge in [-0.3, -0.25) is 9.69 Å². The van der Waals surface area contributed by atoms with Crippen LogP contribution in [0.4, 0.5) is 0 Å². The van der Waals surface area contributed by atoms with E-state index in [0.717, 1.165) is 24.9 Å². The quantitative estimate of drug-likeness (QED) is 0.733. The van der Waals surface area contributed by atoms with Gasteiger partial charge in [-0.25, -0.2) is 0 Å². The van der Waals surface area contributed by atoms with E-state index in [9.17, 15) is 9.90 Å². The highest BCUT2D eigenvalue weighted by Gasteiger charge is 2.34. The van der Waals surface area contributed by atoms with Gasteiger partial charge in [0.2, 0.25) is 5.91 Å². The highest BCUT2D eigenvalue weighted by Crippen LogP contribution is 2.19. The van der Waals surface area contributed by atoms with E-state index in [1.54, 1.807) is 0 Å². The number of nitrogens with one attached hydrogen (secondary N) is 1. The van der Waals surface area contributed by atoms with Crippen LogP contribution in [0.1, 0.15) is 39.2 Å². The summed E-state index contributed by atoms with van der Waals surface area (Å²) in [6, 6.07) is 9.45. The largest absolute Gasteiger partial charge is 0.390 e. The molecular weight excluding hydrogens is 302 g/mol. The minimum absolute atomic E-state index is 0.0452. The molecule has 3 atom stereocenters. The topological polar surface area (TPSA) is 78.6 Å². The van der Waals surface area contributed by atoms with Crippen molar-refractivity contribution in [3.8, 4) is 0 Å². The zero-order valence-corrected chi connectivity index (χ0v) is 15.0. The van der Waals surface area contributed by atoms with E-state index < -0.39 is 6.10 Å². The van der Waals surface area contributed by atoms with Gasteiger partial charge in [0.05, 0.1) is 12.1 Å². The van der Waals surface area contributed by atoms with Crippen molar-refractivity contribution in [1.29, 1.82) is 0 Å². The number of hydrogen-bond donors (Lipinski definition) is 3. The Hall–Kier alpha value is -1.43. The molecule has 2 rings (SSSR count). The summed E-state index contributed by atoms with van der Waals surface area (Å²) in [6.45, 7) is 7.21. The molecule has 24 heavy (non-hydrogen) atoms. The van der Waals surface area contributed by atoms with Crippen molar-refractivity contribution < 1.29 is 9.90 Å². The number of rotatable bonds is 6. The van der Waals surface area contributed by atoms with E-state index in [1.165, 1.54) is 0 Å². The number of amides is 1. The Kier molecular flexibility index (Phi) is 6.38. The van der Waals surface area contributed by atoms with E-state index in [-0.39, 0.29) is 23.5 Å². The Morgan fingerprint density at radius 2 is 2.04 bits per heavy atom. The monoisotopic (exact) mass is 333 g/mol. The average molecular weight is 333 g/mol. The van der Waals surface area contributed by atoms with Crippen LogP contribution in [0.2, 0.25) is 0 Å². The molecule has 1 aromatic rings. The molecule has 0 bridgehead atoms. The summed E-state index contributed by atoms with van der Waals surface area (Å²) >= 11 is 0. The van der Waals surface area contributed by atoms with Gasteiger partial charge < -0.3 is 16.2 Å². The zero-order chi connectivity index (χ0) is 17.7. The standard InChI is InChI=1S/C19H31N3O2/c1-19(2,3)21-18(24)16-10-7-11-22(16)13-17(23)15(20)12-14-8-5-4-6-9-14/h4-6,8-9,15-17,23H,7,10-13,20H2,1-3H3,(H,21,24)/t15-,16+,17+/m1/s1. The summed E-state index contributed by atoms with van der Waals surface area (Å²) in [5.74, 6) is 0.0452. The maximum absolute atomic E-state index is 12.4. The fraction of sp³-hybridized carbons (Fsp3) is 0.632. The number of aliphatic hydroxyl groups excluding tert-OH is 1. The lowest BCUT2D eigenvalue weighted by atomic mass is 10.0. The second-order valence-electron chi connectivity index (χ2n) is 7.81. The molecule has 0 saturated carbocycles. The van der Waals surface area contributed by atoms with Crippen molar-refractivity contribution in [2.75, 3.05) is 13.1 Å². The fourth-order valence-corrected chi connectivity index (χ4v) is 3.19. The molecular formula is C19H31N3O2. The summed E-state index contributed by atoms with van der Waals surface area (Å²) in [7, 11) is 0. The Bertz CT molecular complexity index is 527. The van der Waals surface area contributed by atoms with Gasteiger partial charge in [-0.15, -0.1) is 0 Å². The number of nitrogens with zero attached hydrogens (tertiary/aromatic N) is 1. The Morgan fingerprint density at radius 3 is 2.67 bits per heavy atom. The minimum Gasteiger partial charge on any atom is -0.390 e. The lowest BCUT2D eigenvalue weighted by Gasteiger charge is -2.30. The normalized spacial score (nSPS) is 21.5. The molecule has 1 aromatic carbocycles. The number of likely N-dealkylation sites (tertiary alicyclic amines) is 1. The van der Waals surface area contributed by atoms with Crippen LogP contribution in [-0.4, -0.2) is 52.7 Å². The summed E-state index contributed by atoms with van der Waals surface area (Å²) in [4.78, 5) is 14.5. The third-order valence-corrected chi connectivity index (χ3v) is 4.39. The molecule has 134 valence electrons. The Morgan fingerprint density at radius 1 is 1.38 bits per heavy atom. The van der Waals surface area contributed by atoms with Gasteiger partial charge in [-0.2, -0.15) is 0 Å². The van der Waals surface area contributed by atoms with Crippen LogP contribution < -0.4 is 11.1 Å². The number of aliphatic hydroxyl groups is 1. The second kappa shape index (κ2) is 8.10. The number of β-amino-alcohol motifs (C(OH)–C–C–N with tert-alkyl or cyclic N) is 1. The molecule has 1 fully saturated rings. The first kappa shape index (κ1) is 18.9. The number of carbonyl (C=O) groups excluding carboxylic acids is 1. The smallest absolute Gasteiger partial charge is 0.237 e. The summed E-state index contributed by atoms with van der Waals surface area (Å²) in [5, 5.41) is 13.5. The molecule has 1 heterocycles. The van der Waals surface area contributed by atoms with Crippen LogP contribution in [0, 0.1) is 0 Å². The van der Waals surface area contributed by atoms with Crippen molar-refractivity contribution in [2.45, 2.75) is 63.8 Å². The van der Waals surface area contributed by atoms with Crippen LogP contribution >= 0.6 is 0 Å². The number of hydrogen-bond acceptors (Lipinski definition) is 4. The number of nitrogens with two attached hydrogens (primary N) is 1. The summed E-state index contributed by atoms with van der Waals surface area (Å²) in [5.41, 5.74) is 7.05. The van der Waals surface area contributed by atoms with Gasteiger partial charge in [-0.05, 0) is 52.1 Å². The van der Waals surface area contributed by atoms with E-state index in [2.05, 4.69) is 10.2 Å². The first-order valence-electron chi connectivity index (χ1n) is 8.80. The lowest BCUT2D eigenvalue weighted by Crippen LogP contribution is -2.53. The predicted molar refractivity (Wildman–Crippen MR) is 96.6 cm³/mol. The number of carbonyl (C=O) groups is 1. The molecule has 0 spiro atoms. The van der Waals surface area contributed by atoms with Gasteiger partial charge in [-0.1, -0.05) is 30.3 Å². The van der Waals surface area contributed by atoms with Gasteiger partial charge >= 0.3 is 0 Å². The van der Waals surface area contributed by atoms with Crippen molar-refractivity contribution in [3.63, 3.8) is 0 Å². The first-order valence-corrected chi connectivity index (χ1v) is 8.80. The SMILES string of the molecule is CC(C)(C)NC(=O)[C@@H]1CCCN1C[C@H](O)[C@H](N)Cc1ccccc1. The maximum atomic E-state index is 12.4. The second-order valence-corrected chi connectivity index (χ2v) is 7.81. The van der Waals surface area contributed by atoms with Gasteiger partial charge in [0, 0.05) is 18.1 Å². The van der Waals surface area contributed by atoms with Crippen LogP contribution in [-0.2, 0) is 11.2 Å². The summed E-state index contributed by atoms with van der Waals surface area (Å²) < 4.78 is 0. The van der Waals surface area contributed by atoms with Crippen molar-refractivity contribution in [3.05, 3.63) is 35.9 Å². The lowest BCUT2D eigenvalue weighted by molar-refractivity contribution is -0.127. The third kappa shape index (κ3) is 5.58. The molecule has 0 aliphatic carbocycles. The Balaban J connectivity index is 1.89. The third-order valence-electron chi connectivity index (χ3n) is 4.39. The molecule has 0 radical (unpaired) electrons. The Labute approximate surface area is 145 Å². The van der Waals surface area contributed by atoms with Crippen LogP contribution in [0.25, 0.3) is 0 Å². The van der Waals surface area contributed by atoms with Crippen LogP contribution in [0.3, 0.4) is 0 Å². The van der Waals surface area contributed by atoms with E-state index >= 15 is 0 Å². The van der Waals surface area contributed by atoms with Crippen LogP contribution in [0.5, 0.6) is 0 Å². The molecule has 0 unspecified atom stereocenters. The molecule has 0 aromatic heterocycles. The minimum atomic E-state index is -0.645. The van der Waals surface area contributed by atoms with E-state index in [1.807, 2.05) is 51.1 Å². The molecule has 5 nitrogen and oxygen atoms in total. The number of benzene rings is 1. The molecule has 1 aliphatic rings. The molecule has 1 aliphatic heterocycles. The van der Waals surface area contributed by atoms with Crippen molar-refractivity contribution in [2.24, 2.45) is 5.73 Å².